The smallest absolute Gasteiger partial charge is 0.0554 e. The Hall–Kier alpha value is -2.03. The number of hydrogen-bond acceptors (Lipinski definition) is 3. The molecule has 94 valence electrons. The van der Waals surface area contributed by atoms with E-state index >= 15 is 0 Å². The number of nitrogen functional groups attached to an aromatic ring is 2. The van der Waals surface area contributed by atoms with Crippen molar-refractivity contribution >= 4 is 11.4 Å². The number of benzene rings is 1. The molecule has 0 fully saturated rings. The van der Waals surface area contributed by atoms with Crippen LogP contribution in [-0.2, 0) is 12.8 Å². The molecule has 0 saturated carbocycles. The summed E-state index contributed by atoms with van der Waals surface area (Å²) in [4.78, 5) is 4.58. The maximum absolute atomic E-state index is 5.86. The van der Waals surface area contributed by atoms with Gasteiger partial charge in [0.05, 0.1) is 11.4 Å². The molecule has 0 aliphatic heterocycles. The van der Waals surface area contributed by atoms with Crippen molar-refractivity contribution in [3.8, 4) is 11.1 Å². The van der Waals surface area contributed by atoms with E-state index in [-0.39, 0.29) is 0 Å². The summed E-state index contributed by atoms with van der Waals surface area (Å²) in [5, 5.41) is 0. The van der Waals surface area contributed by atoms with E-state index in [1.165, 1.54) is 0 Å². The lowest BCUT2D eigenvalue weighted by molar-refractivity contribution is 0.956. The fourth-order valence-electron chi connectivity index (χ4n) is 1.93. The summed E-state index contributed by atoms with van der Waals surface area (Å²) in [5.41, 5.74) is 17.3. The fraction of sp³-hybridized carbons (Fsp3) is 0.267. The summed E-state index contributed by atoms with van der Waals surface area (Å²) in [7, 11) is 0. The van der Waals surface area contributed by atoms with E-state index in [1.54, 1.807) is 0 Å². The van der Waals surface area contributed by atoms with Crippen LogP contribution in [0.4, 0.5) is 11.4 Å². The van der Waals surface area contributed by atoms with Crippen molar-refractivity contribution in [2.45, 2.75) is 26.7 Å². The third-order valence-corrected chi connectivity index (χ3v) is 3.08. The normalized spacial score (nSPS) is 10.6. The summed E-state index contributed by atoms with van der Waals surface area (Å²) in [6, 6.07) is 10.0. The third-order valence-electron chi connectivity index (χ3n) is 3.08. The van der Waals surface area contributed by atoms with Crippen LogP contribution in [0.5, 0.6) is 0 Å². The average molecular weight is 241 g/mol. The molecule has 0 saturated heterocycles. The molecule has 1 aromatic heterocycles. The Kier molecular flexibility index (Phi) is 3.51. The summed E-state index contributed by atoms with van der Waals surface area (Å²) >= 11 is 0. The Morgan fingerprint density at radius 2 is 1.44 bits per heavy atom. The highest BCUT2D eigenvalue weighted by atomic mass is 14.7. The minimum absolute atomic E-state index is 0.624. The van der Waals surface area contributed by atoms with Gasteiger partial charge in [0.15, 0.2) is 0 Å². The first-order valence-electron chi connectivity index (χ1n) is 6.29. The molecule has 0 aliphatic carbocycles. The Labute approximate surface area is 108 Å². The Morgan fingerprint density at radius 3 is 1.94 bits per heavy atom. The summed E-state index contributed by atoms with van der Waals surface area (Å²) in [6.07, 6.45) is 1.87. The zero-order valence-corrected chi connectivity index (χ0v) is 10.9. The second kappa shape index (κ2) is 5.08. The molecule has 18 heavy (non-hydrogen) atoms. The van der Waals surface area contributed by atoms with Gasteiger partial charge in [-0.25, -0.2) is 0 Å². The van der Waals surface area contributed by atoms with Crippen LogP contribution in [0.1, 0.15) is 25.2 Å². The third kappa shape index (κ3) is 2.45. The number of aryl methyl sites for hydroxylation is 2. The van der Waals surface area contributed by atoms with Gasteiger partial charge in [0.2, 0.25) is 0 Å². The van der Waals surface area contributed by atoms with Gasteiger partial charge in [0, 0.05) is 11.4 Å². The molecule has 0 bridgehead atoms. The molecule has 0 atom stereocenters. The van der Waals surface area contributed by atoms with Gasteiger partial charge in [0.1, 0.15) is 0 Å². The van der Waals surface area contributed by atoms with Gasteiger partial charge < -0.3 is 11.5 Å². The van der Waals surface area contributed by atoms with E-state index in [9.17, 15) is 0 Å². The zero-order valence-electron chi connectivity index (χ0n) is 10.9. The number of hydrogen-bond donors (Lipinski definition) is 2. The molecule has 2 rings (SSSR count). The molecule has 0 radical (unpaired) electrons. The number of rotatable bonds is 3. The average Bonchev–Trinajstić information content (AvgIpc) is 2.41. The van der Waals surface area contributed by atoms with Crippen molar-refractivity contribution in [1.29, 1.82) is 0 Å². The lowest BCUT2D eigenvalue weighted by atomic mass is 10.0. The molecular weight excluding hydrogens is 222 g/mol. The summed E-state index contributed by atoms with van der Waals surface area (Å²) in [5.74, 6) is 0. The lowest BCUT2D eigenvalue weighted by Crippen LogP contribution is -1.97. The molecule has 0 unspecified atom stereocenters. The monoisotopic (exact) mass is 241 g/mol. The minimum atomic E-state index is 0.624. The van der Waals surface area contributed by atoms with Crippen LogP contribution >= 0.6 is 0 Å². The van der Waals surface area contributed by atoms with E-state index in [1.807, 2.05) is 18.2 Å². The van der Waals surface area contributed by atoms with Gasteiger partial charge in [-0.05, 0) is 48.2 Å². The standard InChI is InChI=1S/C15H19N3/c1-3-12-7-11(8-13(4-2)18-12)10-5-6-14(16)15(17)9-10/h5-9H,3-4,16-17H2,1-2H3. The van der Waals surface area contributed by atoms with Crippen molar-refractivity contribution in [3.05, 3.63) is 41.7 Å². The largest absolute Gasteiger partial charge is 0.397 e. The Balaban J connectivity index is 2.51. The van der Waals surface area contributed by atoms with Gasteiger partial charge in [-0.1, -0.05) is 19.9 Å². The van der Waals surface area contributed by atoms with E-state index in [2.05, 4.69) is 31.0 Å². The van der Waals surface area contributed by atoms with Crippen LogP contribution in [0.3, 0.4) is 0 Å². The first kappa shape index (κ1) is 12.4. The Bertz CT molecular complexity index is 539. The molecule has 1 heterocycles. The van der Waals surface area contributed by atoms with Gasteiger partial charge in [-0.3, -0.25) is 4.98 Å². The maximum Gasteiger partial charge on any atom is 0.0554 e. The molecule has 1 aromatic carbocycles. The first-order chi connectivity index (χ1) is 8.63. The fourth-order valence-corrected chi connectivity index (χ4v) is 1.93. The summed E-state index contributed by atoms with van der Waals surface area (Å²) < 4.78 is 0. The molecule has 3 nitrogen and oxygen atoms in total. The molecular formula is C15H19N3. The van der Waals surface area contributed by atoms with Crippen LogP contribution in [0.2, 0.25) is 0 Å². The second-order valence-corrected chi connectivity index (χ2v) is 4.39. The number of anilines is 2. The van der Waals surface area contributed by atoms with Crippen LogP contribution in [0.25, 0.3) is 11.1 Å². The second-order valence-electron chi connectivity index (χ2n) is 4.39. The van der Waals surface area contributed by atoms with Crippen molar-refractivity contribution in [2.24, 2.45) is 0 Å². The molecule has 2 aromatic rings. The van der Waals surface area contributed by atoms with Crippen LogP contribution < -0.4 is 11.5 Å². The van der Waals surface area contributed by atoms with Gasteiger partial charge in [0.25, 0.3) is 0 Å². The SMILES string of the molecule is CCc1cc(-c2ccc(N)c(N)c2)cc(CC)n1. The number of aromatic nitrogens is 1. The van der Waals surface area contributed by atoms with Crippen molar-refractivity contribution in [3.63, 3.8) is 0 Å². The van der Waals surface area contributed by atoms with Crippen LogP contribution in [-0.4, -0.2) is 4.98 Å². The van der Waals surface area contributed by atoms with Crippen molar-refractivity contribution in [2.75, 3.05) is 11.5 Å². The molecule has 0 aliphatic rings. The van der Waals surface area contributed by atoms with Crippen LogP contribution in [0.15, 0.2) is 30.3 Å². The lowest BCUT2D eigenvalue weighted by Gasteiger charge is -2.09. The zero-order chi connectivity index (χ0) is 13.1. The molecule has 0 spiro atoms. The highest BCUT2D eigenvalue weighted by Crippen LogP contribution is 2.26. The number of nitrogens with two attached hydrogens (primary N) is 2. The van der Waals surface area contributed by atoms with E-state index in [0.29, 0.717) is 11.4 Å². The number of pyridine rings is 1. The van der Waals surface area contributed by atoms with E-state index in [0.717, 1.165) is 35.4 Å². The highest BCUT2D eigenvalue weighted by molar-refractivity contribution is 5.74. The van der Waals surface area contributed by atoms with Gasteiger partial charge in [-0.15, -0.1) is 0 Å². The van der Waals surface area contributed by atoms with Crippen molar-refractivity contribution in [1.82, 2.24) is 4.98 Å². The van der Waals surface area contributed by atoms with E-state index in [4.69, 9.17) is 11.5 Å². The Morgan fingerprint density at radius 1 is 0.833 bits per heavy atom. The van der Waals surface area contributed by atoms with Crippen LogP contribution in [0, 0.1) is 0 Å². The highest BCUT2D eigenvalue weighted by Gasteiger charge is 2.05. The topological polar surface area (TPSA) is 64.9 Å². The van der Waals surface area contributed by atoms with Gasteiger partial charge >= 0.3 is 0 Å². The predicted octanol–water partition coefficient (Wildman–Crippen LogP) is 3.04. The predicted molar refractivity (Wildman–Crippen MR) is 77.3 cm³/mol. The quantitative estimate of drug-likeness (QED) is 0.812. The van der Waals surface area contributed by atoms with Gasteiger partial charge in [-0.2, -0.15) is 0 Å². The molecule has 0 amide bonds. The number of nitrogens with zero attached hydrogens (tertiary/aromatic N) is 1. The summed E-state index contributed by atoms with van der Waals surface area (Å²) in [6.45, 7) is 4.23. The van der Waals surface area contributed by atoms with Crippen molar-refractivity contribution < 1.29 is 0 Å². The molecule has 3 heteroatoms. The molecule has 4 N–H and O–H groups in total. The first-order valence-corrected chi connectivity index (χ1v) is 6.29. The maximum atomic E-state index is 5.86. The minimum Gasteiger partial charge on any atom is -0.397 e. The van der Waals surface area contributed by atoms with E-state index < -0.39 is 0 Å².